The van der Waals surface area contributed by atoms with E-state index in [9.17, 15) is 9.18 Å². The van der Waals surface area contributed by atoms with Gasteiger partial charge in [0.15, 0.2) is 11.0 Å². The zero-order chi connectivity index (χ0) is 20.4. The topological polar surface area (TPSA) is 94.4 Å². The first kappa shape index (κ1) is 19.3. The van der Waals surface area contributed by atoms with Crippen LogP contribution < -0.4 is 5.73 Å². The van der Waals surface area contributed by atoms with E-state index in [1.165, 1.54) is 30.2 Å². The zero-order valence-electron chi connectivity index (χ0n) is 15.8. The van der Waals surface area contributed by atoms with Gasteiger partial charge in [-0.25, -0.2) is 9.37 Å². The molecule has 0 unspecified atom stereocenters. The van der Waals surface area contributed by atoms with Crippen LogP contribution in [-0.2, 0) is 12.0 Å². The van der Waals surface area contributed by atoms with E-state index in [1.807, 2.05) is 6.92 Å². The lowest BCUT2D eigenvalue weighted by Gasteiger charge is -2.30. The highest BCUT2D eigenvalue weighted by Crippen LogP contribution is 2.36. The van der Waals surface area contributed by atoms with Crippen LogP contribution in [0.3, 0.4) is 0 Å². The van der Waals surface area contributed by atoms with E-state index in [2.05, 4.69) is 15.0 Å². The number of rotatable bonds is 5. The van der Waals surface area contributed by atoms with Gasteiger partial charge in [-0.05, 0) is 37.1 Å². The smallest absolute Gasteiger partial charge is 0.187 e. The fraction of sp³-hybridized carbons (Fsp3) is 0.238. The number of hydrogen-bond donors (Lipinski definition) is 1. The summed E-state index contributed by atoms with van der Waals surface area (Å²) in [5.74, 6) is 0.227. The Morgan fingerprint density at radius 3 is 2.86 bits per heavy atom. The van der Waals surface area contributed by atoms with Crippen LogP contribution in [0.5, 0.6) is 0 Å². The number of nitrogens with zero attached hydrogens (tertiary/aromatic N) is 3. The number of ketones is 1. The number of Topliss-reactive ketones (excluding diaryl/α,β-unsaturated/α-hetero) is 1. The van der Waals surface area contributed by atoms with Crippen LogP contribution in [0.2, 0.25) is 0 Å². The summed E-state index contributed by atoms with van der Waals surface area (Å²) in [5, 5.41) is 0.451. The molecule has 0 saturated heterocycles. The van der Waals surface area contributed by atoms with Crippen LogP contribution >= 0.6 is 11.8 Å². The Balaban J connectivity index is 1.55. The third-order valence-electron chi connectivity index (χ3n) is 4.93. The number of aliphatic imine (C=N–C) groups is 1. The average Bonchev–Trinajstić information content (AvgIpc) is 3.24. The van der Waals surface area contributed by atoms with Crippen LogP contribution in [-0.4, -0.2) is 26.7 Å². The standard InChI is InChI=1S/C21H19FN4O2S/c1-21(5-7-29-20(23)26-21)15-8-13(2-3-16(15)22)9-19(27)18-11-24-17(10-25-18)14-4-6-28-12-14/h2-4,6,8,10-12H,5,7,9H2,1H3,(H2,23,26)/t21-/m0/s1. The summed E-state index contributed by atoms with van der Waals surface area (Å²) in [6, 6.07) is 6.46. The molecular formula is C21H19FN4O2S. The Kier molecular flexibility index (Phi) is 5.19. The van der Waals surface area contributed by atoms with Crippen LogP contribution in [0.4, 0.5) is 4.39 Å². The van der Waals surface area contributed by atoms with Gasteiger partial charge in [0.05, 0.1) is 36.2 Å². The van der Waals surface area contributed by atoms with Gasteiger partial charge in [-0.2, -0.15) is 0 Å². The molecule has 29 heavy (non-hydrogen) atoms. The summed E-state index contributed by atoms with van der Waals surface area (Å²) in [5.41, 5.74) is 7.94. The van der Waals surface area contributed by atoms with Crippen molar-refractivity contribution in [2.24, 2.45) is 10.7 Å². The molecule has 0 aliphatic carbocycles. The fourth-order valence-electron chi connectivity index (χ4n) is 3.28. The maximum atomic E-state index is 14.5. The number of benzene rings is 1. The first-order chi connectivity index (χ1) is 13.9. The molecule has 0 fully saturated rings. The Labute approximate surface area is 171 Å². The molecule has 0 amide bonds. The van der Waals surface area contributed by atoms with Crippen LogP contribution in [0.15, 0.2) is 58.6 Å². The molecule has 8 heteroatoms. The number of amidine groups is 1. The number of carbonyl (C=O) groups is 1. The van der Waals surface area contributed by atoms with Crippen molar-refractivity contribution in [3.63, 3.8) is 0 Å². The molecule has 2 N–H and O–H groups in total. The van der Waals surface area contributed by atoms with Crippen molar-refractivity contribution in [2.75, 3.05) is 5.75 Å². The molecular weight excluding hydrogens is 391 g/mol. The second kappa shape index (κ2) is 7.79. The van der Waals surface area contributed by atoms with E-state index < -0.39 is 5.54 Å². The van der Waals surface area contributed by atoms with E-state index in [0.29, 0.717) is 28.4 Å². The number of halogens is 1. The summed E-state index contributed by atoms with van der Waals surface area (Å²) < 4.78 is 19.6. The number of carbonyl (C=O) groups excluding carboxylic acids is 1. The van der Waals surface area contributed by atoms with Crippen molar-refractivity contribution in [3.05, 3.63) is 71.8 Å². The van der Waals surface area contributed by atoms with Crippen LogP contribution in [0.1, 0.15) is 35.0 Å². The molecule has 148 valence electrons. The Bertz CT molecular complexity index is 1070. The Morgan fingerprint density at radius 2 is 2.17 bits per heavy atom. The number of aromatic nitrogens is 2. The maximum Gasteiger partial charge on any atom is 0.187 e. The second-order valence-corrected chi connectivity index (χ2v) is 8.15. The largest absolute Gasteiger partial charge is 0.472 e. The van der Waals surface area contributed by atoms with Gasteiger partial charge in [-0.1, -0.05) is 17.8 Å². The molecule has 1 aromatic carbocycles. The highest BCUT2D eigenvalue weighted by Gasteiger charge is 2.32. The number of thioether (sulfide) groups is 1. The van der Waals surface area contributed by atoms with E-state index >= 15 is 0 Å². The lowest BCUT2D eigenvalue weighted by atomic mass is 9.87. The van der Waals surface area contributed by atoms with Gasteiger partial charge in [0.2, 0.25) is 0 Å². The molecule has 0 bridgehead atoms. The highest BCUT2D eigenvalue weighted by atomic mass is 32.2. The predicted molar refractivity (Wildman–Crippen MR) is 110 cm³/mol. The Morgan fingerprint density at radius 1 is 1.31 bits per heavy atom. The van der Waals surface area contributed by atoms with E-state index in [0.717, 1.165) is 11.3 Å². The van der Waals surface area contributed by atoms with Crippen molar-refractivity contribution < 1.29 is 13.6 Å². The van der Waals surface area contributed by atoms with Gasteiger partial charge in [0, 0.05) is 23.3 Å². The van der Waals surface area contributed by atoms with Crippen molar-refractivity contribution in [1.82, 2.24) is 9.97 Å². The molecule has 4 rings (SSSR count). The minimum atomic E-state index is -0.732. The van der Waals surface area contributed by atoms with Crippen molar-refractivity contribution in [2.45, 2.75) is 25.3 Å². The lowest BCUT2D eigenvalue weighted by molar-refractivity contribution is 0.0987. The summed E-state index contributed by atoms with van der Waals surface area (Å²) >= 11 is 1.46. The lowest BCUT2D eigenvalue weighted by Crippen LogP contribution is -2.29. The zero-order valence-corrected chi connectivity index (χ0v) is 16.6. The molecule has 3 aromatic rings. The number of hydrogen-bond acceptors (Lipinski definition) is 7. The van der Waals surface area contributed by atoms with Crippen LogP contribution in [0.25, 0.3) is 11.3 Å². The van der Waals surface area contributed by atoms with E-state index in [-0.39, 0.29) is 23.7 Å². The fourth-order valence-corrected chi connectivity index (χ4v) is 4.26. The van der Waals surface area contributed by atoms with Gasteiger partial charge in [-0.15, -0.1) is 0 Å². The van der Waals surface area contributed by atoms with Gasteiger partial charge in [0.1, 0.15) is 11.5 Å². The second-order valence-electron chi connectivity index (χ2n) is 7.04. The molecule has 2 aromatic heterocycles. The summed E-state index contributed by atoms with van der Waals surface area (Å²) in [4.78, 5) is 25.6. The maximum absolute atomic E-state index is 14.5. The van der Waals surface area contributed by atoms with Gasteiger partial charge in [-0.3, -0.25) is 14.8 Å². The minimum absolute atomic E-state index is 0.0943. The van der Waals surface area contributed by atoms with Crippen molar-refractivity contribution in [1.29, 1.82) is 0 Å². The normalized spacial score (nSPS) is 19.0. The molecule has 1 atom stereocenters. The van der Waals surface area contributed by atoms with E-state index in [4.69, 9.17) is 10.2 Å². The number of furan rings is 1. The highest BCUT2D eigenvalue weighted by molar-refractivity contribution is 8.13. The molecule has 6 nitrogen and oxygen atoms in total. The molecule has 0 saturated carbocycles. The van der Waals surface area contributed by atoms with E-state index in [1.54, 1.807) is 30.7 Å². The van der Waals surface area contributed by atoms with Crippen molar-refractivity contribution >= 4 is 22.7 Å². The summed E-state index contributed by atoms with van der Waals surface area (Å²) in [7, 11) is 0. The predicted octanol–water partition coefficient (Wildman–Crippen LogP) is 3.97. The van der Waals surface area contributed by atoms with Crippen LogP contribution in [0, 0.1) is 5.82 Å². The number of nitrogens with two attached hydrogens (primary N) is 1. The molecule has 1 aliphatic heterocycles. The average molecular weight is 410 g/mol. The molecule has 1 aliphatic rings. The third kappa shape index (κ3) is 4.07. The quantitative estimate of drug-likeness (QED) is 0.640. The SMILES string of the molecule is C[C@@]1(c2cc(CC(=O)c3cnc(-c4ccoc4)cn3)ccc2F)CCSC(N)=N1. The third-order valence-corrected chi connectivity index (χ3v) is 5.72. The molecule has 0 spiro atoms. The molecule has 3 heterocycles. The van der Waals surface area contributed by atoms with Gasteiger partial charge < -0.3 is 10.2 Å². The summed E-state index contributed by atoms with van der Waals surface area (Å²) in [6.45, 7) is 1.86. The first-order valence-corrected chi connectivity index (χ1v) is 10.1. The molecule has 0 radical (unpaired) electrons. The first-order valence-electron chi connectivity index (χ1n) is 9.09. The monoisotopic (exact) mass is 410 g/mol. The summed E-state index contributed by atoms with van der Waals surface area (Å²) in [6.07, 6.45) is 6.85. The van der Waals surface area contributed by atoms with Crippen molar-refractivity contribution in [3.8, 4) is 11.3 Å². The van der Waals surface area contributed by atoms with Gasteiger partial charge in [0.25, 0.3) is 0 Å². The van der Waals surface area contributed by atoms with Gasteiger partial charge >= 0.3 is 0 Å². The Hall–Kier alpha value is -3.00. The minimum Gasteiger partial charge on any atom is -0.472 e.